The number of carbonyl (C=O) groups is 1. The van der Waals surface area contributed by atoms with E-state index in [4.69, 9.17) is 16.7 Å². The molecule has 0 aliphatic rings. The van der Waals surface area contributed by atoms with E-state index in [1.165, 1.54) is 22.7 Å². The number of thiophene rings is 2. The molecule has 0 spiro atoms. The third-order valence-electron chi connectivity index (χ3n) is 1.47. The van der Waals surface area contributed by atoms with Gasteiger partial charge in [0.05, 0.1) is 13.9 Å². The van der Waals surface area contributed by atoms with Gasteiger partial charge in [0.25, 0.3) is 0 Å². The minimum absolute atomic E-state index is 0.346. The maximum Gasteiger partial charge on any atom is 0.337 e. The second-order valence-corrected chi connectivity index (χ2v) is 5.03. The normalized spacial score (nSPS) is 10.8. The van der Waals surface area contributed by atoms with Gasteiger partial charge in [-0.1, -0.05) is 11.6 Å². The smallest absolute Gasteiger partial charge is 0.337 e. The van der Waals surface area contributed by atoms with E-state index >= 15 is 0 Å². The molecule has 0 fully saturated rings. The predicted octanol–water partition coefficient (Wildman–Crippen LogP) is 3.31. The summed E-state index contributed by atoms with van der Waals surface area (Å²) in [6.07, 6.45) is 0. The SMILES string of the molecule is O=C(O)c1csc2sc(Cl)cc12. The molecule has 0 atom stereocenters. The maximum absolute atomic E-state index is 10.7. The number of aromatic carboxylic acids is 1. The van der Waals surface area contributed by atoms with Gasteiger partial charge in [0.15, 0.2) is 0 Å². The number of carboxylic acids is 1. The van der Waals surface area contributed by atoms with E-state index in [2.05, 4.69) is 0 Å². The van der Waals surface area contributed by atoms with Crippen molar-refractivity contribution in [2.24, 2.45) is 0 Å². The second-order valence-electron chi connectivity index (χ2n) is 2.21. The summed E-state index contributed by atoms with van der Waals surface area (Å²) >= 11 is 8.56. The Morgan fingerprint density at radius 2 is 2.33 bits per heavy atom. The summed E-state index contributed by atoms with van der Waals surface area (Å²) in [7, 11) is 0. The number of halogens is 1. The van der Waals surface area contributed by atoms with Crippen LogP contribution in [0, 0.1) is 0 Å². The lowest BCUT2D eigenvalue weighted by Crippen LogP contribution is -1.92. The first kappa shape index (κ1) is 8.04. The number of rotatable bonds is 1. The van der Waals surface area contributed by atoms with E-state index in [-0.39, 0.29) is 0 Å². The Bertz CT molecular complexity index is 443. The Hall–Kier alpha value is -0.580. The molecule has 2 aromatic rings. The molecule has 0 bridgehead atoms. The summed E-state index contributed by atoms with van der Waals surface area (Å²) in [6.45, 7) is 0. The third-order valence-corrected chi connectivity index (χ3v) is 3.86. The lowest BCUT2D eigenvalue weighted by molar-refractivity contribution is 0.0699. The van der Waals surface area contributed by atoms with Gasteiger partial charge in [-0.2, -0.15) is 0 Å². The highest BCUT2D eigenvalue weighted by molar-refractivity contribution is 7.39. The van der Waals surface area contributed by atoms with Crippen LogP contribution in [0.25, 0.3) is 9.40 Å². The molecule has 0 radical (unpaired) electrons. The average Bonchev–Trinajstić information content (AvgIpc) is 2.43. The molecule has 0 aliphatic carbocycles. The van der Waals surface area contributed by atoms with Gasteiger partial charge in [-0.15, -0.1) is 22.7 Å². The fourth-order valence-corrected chi connectivity index (χ4v) is 3.43. The third kappa shape index (κ3) is 1.12. The van der Waals surface area contributed by atoms with Crippen molar-refractivity contribution in [3.8, 4) is 0 Å². The summed E-state index contributed by atoms with van der Waals surface area (Å²) in [5.41, 5.74) is 0.346. The molecule has 0 amide bonds. The lowest BCUT2D eigenvalue weighted by Gasteiger charge is -1.84. The predicted molar refractivity (Wildman–Crippen MR) is 51.7 cm³/mol. The summed E-state index contributed by atoms with van der Waals surface area (Å²) in [5, 5.41) is 11.1. The molecular formula is C7H3ClO2S2. The number of fused-ring (bicyclic) bond motifs is 1. The van der Waals surface area contributed by atoms with Crippen molar-refractivity contribution in [2.75, 3.05) is 0 Å². The lowest BCUT2D eigenvalue weighted by atomic mass is 10.2. The zero-order chi connectivity index (χ0) is 8.72. The number of hydrogen-bond acceptors (Lipinski definition) is 3. The van der Waals surface area contributed by atoms with E-state index < -0.39 is 5.97 Å². The minimum atomic E-state index is -0.893. The Morgan fingerprint density at radius 3 is 3.00 bits per heavy atom. The van der Waals surface area contributed by atoms with Gasteiger partial charge in [0.1, 0.15) is 0 Å². The van der Waals surface area contributed by atoms with Crippen LogP contribution in [-0.4, -0.2) is 11.1 Å². The average molecular weight is 219 g/mol. The highest BCUT2D eigenvalue weighted by Gasteiger charge is 2.12. The van der Waals surface area contributed by atoms with Gasteiger partial charge in [-0.25, -0.2) is 4.79 Å². The zero-order valence-corrected chi connectivity index (χ0v) is 8.09. The van der Waals surface area contributed by atoms with Gasteiger partial charge >= 0.3 is 5.97 Å². The van der Waals surface area contributed by atoms with Gasteiger partial charge in [-0.05, 0) is 6.07 Å². The molecule has 2 rings (SSSR count). The van der Waals surface area contributed by atoms with Crippen molar-refractivity contribution in [1.29, 1.82) is 0 Å². The van der Waals surface area contributed by atoms with E-state index in [1.54, 1.807) is 11.4 Å². The zero-order valence-electron chi connectivity index (χ0n) is 5.70. The van der Waals surface area contributed by atoms with Crippen molar-refractivity contribution < 1.29 is 9.90 Å². The van der Waals surface area contributed by atoms with Crippen LogP contribution in [0.1, 0.15) is 10.4 Å². The molecule has 0 saturated carbocycles. The maximum atomic E-state index is 10.7. The number of hydrogen-bond donors (Lipinski definition) is 1. The summed E-state index contributed by atoms with van der Waals surface area (Å²) in [5.74, 6) is -0.893. The second kappa shape index (κ2) is 2.73. The van der Waals surface area contributed by atoms with Crippen LogP contribution in [-0.2, 0) is 0 Å². The van der Waals surface area contributed by atoms with Crippen LogP contribution in [0.15, 0.2) is 11.4 Å². The molecule has 2 nitrogen and oxygen atoms in total. The highest BCUT2D eigenvalue weighted by Crippen LogP contribution is 2.36. The van der Waals surface area contributed by atoms with Crippen molar-refractivity contribution in [3.63, 3.8) is 0 Å². The van der Waals surface area contributed by atoms with Gasteiger partial charge in [-0.3, -0.25) is 0 Å². The molecule has 5 heteroatoms. The van der Waals surface area contributed by atoms with Gasteiger partial charge in [0.2, 0.25) is 0 Å². The fourth-order valence-electron chi connectivity index (χ4n) is 0.962. The van der Waals surface area contributed by atoms with Crippen LogP contribution < -0.4 is 0 Å². The van der Waals surface area contributed by atoms with Gasteiger partial charge in [0, 0.05) is 10.8 Å². The Balaban J connectivity index is 2.76. The van der Waals surface area contributed by atoms with E-state index in [1.807, 2.05) is 0 Å². The first-order chi connectivity index (χ1) is 5.68. The molecule has 0 saturated heterocycles. The molecule has 2 heterocycles. The first-order valence-corrected chi connectivity index (χ1v) is 5.15. The molecular weight excluding hydrogens is 216 g/mol. The molecule has 0 aliphatic heterocycles. The largest absolute Gasteiger partial charge is 0.478 e. The fraction of sp³-hybridized carbons (Fsp3) is 0. The van der Waals surface area contributed by atoms with Crippen molar-refractivity contribution in [3.05, 3.63) is 21.3 Å². The molecule has 62 valence electrons. The minimum Gasteiger partial charge on any atom is -0.478 e. The summed E-state index contributed by atoms with van der Waals surface area (Å²) in [4.78, 5) is 10.7. The Morgan fingerprint density at radius 1 is 1.58 bits per heavy atom. The van der Waals surface area contributed by atoms with Gasteiger partial charge < -0.3 is 5.11 Å². The van der Waals surface area contributed by atoms with Crippen LogP contribution in [0.2, 0.25) is 4.34 Å². The molecule has 1 N–H and O–H groups in total. The molecule has 12 heavy (non-hydrogen) atoms. The Labute approximate surface area is 81.0 Å². The highest BCUT2D eigenvalue weighted by atomic mass is 35.5. The van der Waals surface area contributed by atoms with Crippen LogP contribution in [0.4, 0.5) is 0 Å². The Kier molecular flexibility index (Phi) is 1.83. The van der Waals surface area contributed by atoms with Crippen molar-refractivity contribution in [1.82, 2.24) is 0 Å². The first-order valence-electron chi connectivity index (χ1n) is 3.08. The molecule has 0 unspecified atom stereocenters. The van der Waals surface area contributed by atoms with Crippen LogP contribution >= 0.6 is 34.3 Å². The van der Waals surface area contributed by atoms with Crippen LogP contribution in [0.5, 0.6) is 0 Å². The topological polar surface area (TPSA) is 37.3 Å². The van der Waals surface area contributed by atoms with E-state index in [0.717, 1.165) is 9.40 Å². The van der Waals surface area contributed by atoms with Crippen molar-refractivity contribution in [2.45, 2.75) is 0 Å². The monoisotopic (exact) mass is 218 g/mol. The summed E-state index contributed by atoms with van der Waals surface area (Å²) < 4.78 is 1.61. The van der Waals surface area contributed by atoms with E-state index in [9.17, 15) is 4.79 Å². The quantitative estimate of drug-likeness (QED) is 0.798. The molecule has 0 aromatic carbocycles. The van der Waals surface area contributed by atoms with Crippen LogP contribution in [0.3, 0.4) is 0 Å². The standard InChI is InChI=1S/C7H3ClO2S2/c8-5-1-3-4(6(9)10)2-11-7(3)12-5/h1-2H,(H,9,10). The number of carboxylic acid groups (broad SMARTS) is 1. The summed E-state index contributed by atoms with van der Waals surface area (Å²) in [6, 6.07) is 1.70. The van der Waals surface area contributed by atoms with Crippen molar-refractivity contribution >= 4 is 49.6 Å². The molecule has 2 aromatic heterocycles. The van der Waals surface area contributed by atoms with E-state index in [0.29, 0.717) is 9.90 Å².